The van der Waals surface area contributed by atoms with Gasteiger partial charge in [0.1, 0.15) is 0 Å². The molecule has 0 saturated carbocycles. The van der Waals surface area contributed by atoms with Gasteiger partial charge in [0.25, 0.3) is 0 Å². The maximum atomic E-state index is 12.3. The average Bonchev–Trinajstić information content (AvgIpc) is 3.03. The number of benzene rings is 1. The fourth-order valence-corrected chi connectivity index (χ4v) is 3.83. The van der Waals surface area contributed by atoms with Crippen molar-refractivity contribution in [1.82, 2.24) is 15.1 Å². The normalized spacial score (nSPS) is 21.5. The summed E-state index contributed by atoms with van der Waals surface area (Å²) in [6, 6.07) is 9.29. The van der Waals surface area contributed by atoms with Crippen molar-refractivity contribution in [2.24, 2.45) is 0 Å². The number of nitrogens with zero attached hydrogens (tertiary/aromatic N) is 2. The SMILES string of the molecule is Cc1ccccc1CC1CCCN1CCC(=O)N1CCNCC1.Cl. The van der Waals surface area contributed by atoms with Crippen molar-refractivity contribution in [3.8, 4) is 0 Å². The van der Waals surface area contributed by atoms with E-state index in [1.165, 1.54) is 24.0 Å². The highest BCUT2D eigenvalue weighted by molar-refractivity contribution is 5.85. The summed E-state index contributed by atoms with van der Waals surface area (Å²) in [5.74, 6) is 0.327. The lowest BCUT2D eigenvalue weighted by Gasteiger charge is -2.29. The van der Waals surface area contributed by atoms with Gasteiger partial charge in [0.15, 0.2) is 0 Å². The first-order chi connectivity index (χ1) is 11.2. The van der Waals surface area contributed by atoms with Crippen LogP contribution in [0.3, 0.4) is 0 Å². The van der Waals surface area contributed by atoms with Crippen LogP contribution in [-0.4, -0.2) is 61.0 Å². The molecule has 0 radical (unpaired) electrons. The predicted molar refractivity (Wildman–Crippen MR) is 101 cm³/mol. The van der Waals surface area contributed by atoms with E-state index in [0.29, 0.717) is 18.4 Å². The van der Waals surface area contributed by atoms with Gasteiger partial charge < -0.3 is 10.2 Å². The third kappa shape index (κ3) is 4.95. The number of carbonyl (C=O) groups excluding carboxylic acids is 1. The first kappa shape index (κ1) is 19.2. The maximum Gasteiger partial charge on any atom is 0.223 e. The second kappa shape index (κ2) is 9.40. The van der Waals surface area contributed by atoms with Gasteiger partial charge in [0, 0.05) is 45.2 Å². The average molecular weight is 352 g/mol. The topological polar surface area (TPSA) is 35.6 Å². The van der Waals surface area contributed by atoms with Crippen molar-refractivity contribution in [2.75, 3.05) is 39.3 Å². The number of likely N-dealkylation sites (tertiary alicyclic amines) is 1. The number of halogens is 1. The fourth-order valence-electron chi connectivity index (χ4n) is 3.83. The molecule has 1 atom stereocenters. The Balaban J connectivity index is 0.00000208. The van der Waals surface area contributed by atoms with Crippen molar-refractivity contribution in [1.29, 1.82) is 0 Å². The largest absolute Gasteiger partial charge is 0.340 e. The molecule has 1 aromatic carbocycles. The number of hydrogen-bond donors (Lipinski definition) is 1. The summed E-state index contributed by atoms with van der Waals surface area (Å²) in [6.07, 6.45) is 4.31. The van der Waals surface area contributed by atoms with Crippen molar-refractivity contribution in [3.05, 3.63) is 35.4 Å². The third-order valence-corrected chi connectivity index (χ3v) is 5.30. The Bertz CT molecular complexity index is 531. The summed E-state index contributed by atoms with van der Waals surface area (Å²) >= 11 is 0. The zero-order valence-corrected chi connectivity index (χ0v) is 15.5. The van der Waals surface area contributed by atoms with Crippen LogP contribution in [0.25, 0.3) is 0 Å². The van der Waals surface area contributed by atoms with Crippen LogP contribution in [0.2, 0.25) is 0 Å². The van der Waals surface area contributed by atoms with Gasteiger partial charge in [0.2, 0.25) is 5.91 Å². The molecule has 2 aliphatic heterocycles. The molecule has 1 aromatic rings. The molecule has 1 unspecified atom stereocenters. The molecule has 4 nitrogen and oxygen atoms in total. The summed E-state index contributed by atoms with van der Waals surface area (Å²) in [4.78, 5) is 16.9. The van der Waals surface area contributed by atoms with Gasteiger partial charge in [-0.15, -0.1) is 12.4 Å². The number of aryl methyl sites for hydroxylation is 1. The van der Waals surface area contributed by atoms with Crippen LogP contribution < -0.4 is 5.32 Å². The highest BCUT2D eigenvalue weighted by Gasteiger charge is 2.26. The number of piperazine rings is 1. The molecule has 2 fully saturated rings. The van der Waals surface area contributed by atoms with Crippen molar-refractivity contribution in [2.45, 2.75) is 38.6 Å². The zero-order chi connectivity index (χ0) is 16.1. The monoisotopic (exact) mass is 351 g/mol. The predicted octanol–water partition coefficient (Wildman–Crippen LogP) is 2.25. The van der Waals surface area contributed by atoms with Crippen LogP contribution in [0, 0.1) is 6.92 Å². The van der Waals surface area contributed by atoms with Gasteiger partial charge in [-0.2, -0.15) is 0 Å². The van der Waals surface area contributed by atoms with Crippen molar-refractivity contribution >= 4 is 18.3 Å². The molecule has 0 bridgehead atoms. The summed E-state index contributed by atoms with van der Waals surface area (Å²) in [7, 11) is 0. The van der Waals surface area contributed by atoms with Crippen LogP contribution in [0.15, 0.2) is 24.3 Å². The Morgan fingerprint density at radius 1 is 1.21 bits per heavy atom. The van der Waals surface area contributed by atoms with E-state index in [-0.39, 0.29) is 12.4 Å². The molecular weight excluding hydrogens is 322 g/mol. The summed E-state index contributed by atoms with van der Waals surface area (Å²) < 4.78 is 0. The second-order valence-electron chi connectivity index (χ2n) is 6.84. The Labute approximate surface area is 152 Å². The van der Waals surface area contributed by atoms with Crippen LogP contribution in [0.4, 0.5) is 0 Å². The minimum absolute atomic E-state index is 0. The number of carbonyl (C=O) groups is 1. The Morgan fingerprint density at radius 2 is 1.96 bits per heavy atom. The van der Waals surface area contributed by atoms with E-state index in [0.717, 1.165) is 45.7 Å². The maximum absolute atomic E-state index is 12.3. The lowest BCUT2D eigenvalue weighted by Crippen LogP contribution is -2.47. The van der Waals surface area contributed by atoms with Gasteiger partial charge in [-0.3, -0.25) is 9.69 Å². The first-order valence-electron chi connectivity index (χ1n) is 9.01. The van der Waals surface area contributed by atoms with Crippen molar-refractivity contribution < 1.29 is 4.79 Å². The van der Waals surface area contributed by atoms with E-state index in [2.05, 4.69) is 41.4 Å². The molecule has 2 heterocycles. The summed E-state index contributed by atoms with van der Waals surface area (Å²) in [6.45, 7) is 7.86. The molecule has 0 spiro atoms. The van der Waals surface area contributed by atoms with Gasteiger partial charge in [0.05, 0.1) is 0 Å². The molecule has 0 aromatic heterocycles. The minimum atomic E-state index is 0. The first-order valence-corrected chi connectivity index (χ1v) is 9.01. The van der Waals surface area contributed by atoms with Crippen LogP contribution >= 0.6 is 12.4 Å². The van der Waals surface area contributed by atoms with E-state index < -0.39 is 0 Å². The summed E-state index contributed by atoms with van der Waals surface area (Å²) in [5, 5.41) is 3.30. The van der Waals surface area contributed by atoms with E-state index in [4.69, 9.17) is 0 Å². The molecule has 2 saturated heterocycles. The molecule has 5 heteroatoms. The Hall–Kier alpha value is -1.10. The highest BCUT2D eigenvalue weighted by atomic mass is 35.5. The highest BCUT2D eigenvalue weighted by Crippen LogP contribution is 2.22. The van der Waals surface area contributed by atoms with Crippen LogP contribution in [0.5, 0.6) is 0 Å². The Kier molecular flexibility index (Phi) is 7.53. The van der Waals surface area contributed by atoms with Gasteiger partial charge in [-0.25, -0.2) is 0 Å². The molecular formula is C19H30ClN3O. The van der Waals surface area contributed by atoms with Gasteiger partial charge >= 0.3 is 0 Å². The molecule has 134 valence electrons. The molecule has 1 N–H and O–H groups in total. The molecule has 3 rings (SSSR count). The second-order valence-corrected chi connectivity index (χ2v) is 6.84. The Morgan fingerprint density at radius 3 is 2.71 bits per heavy atom. The minimum Gasteiger partial charge on any atom is -0.340 e. The van der Waals surface area contributed by atoms with Crippen molar-refractivity contribution in [3.63, 3.8) is 0 Å². The van der Waals surface area contributed by atoms with Gasteiger partial charge in [-0.05, 0) is 43.9 Å². The molecule has 2 aliphatic rings. The lowest BCUT2D eigenvalue weighted by atomic mass is 9.99. The van der Waals surface area contributed by atoms with E-state index in [1.807, 2.05) is 4.90 Å². The third-order valence-electron chi connectivity index (χ3n) is 5.30. The van der Waals surface area contributed by atoms with Crippen LogP contribution in [-0.2, 0) is 11.2 Å². The van der Waals surface area contributed by atoms with Crippen LogP contribution in [0.1, 0.15) is 30.4 Å². The quantitative estimate of drug-likeness (QED) is 0.883. The molecule has 1 amide bonds. The van der Waals surface area contributed by atoms with E-state index in [1.54, 1.807) is 0 Å². The number of rotatable bonds is 5. The van der Waals surface area contributed by atoms with E-state index in [9.17, 15) is 4.79 Å². The lowest BCUT2D eigenvalue weighted by molar-refractivity contribution is -0.132. The number of amides is 1. The van der Waals surface area contributed by atoms with Gasteiger partial charge in [-0.1, -0.05) is 24.3 Å². The number of hydrogen-bond acceptors (Lipinski definition) is 3. The zero-order valence-electron chi connectivity index (χ0n) is 14.7. The summed E-state index contributed by atoms with van der Waals surface area (Å²) in [5.41, 5.74) is 2.84. The molecule has 24 heavy (non-hydrogen) atoms. The fraction of sp³-hybridized carbons (Fsp3) is 0.632. The standard InChI is InChI=1S/C19H29N3O.ClH/c1-16-5-2-3-6-17(16)15-18-7-4-11-21(18)12-8-19(23)22-13-9-20-10-14-22;/h2-3,5-6,18,20H,4,7-15H2,1H3;1H. The van der Waals surface area contributed by atoms with E-state index >= 15 is 0 Å². The molecule has 0 aliphatic carbocycles. The number of nitrogens with one attached hydrogen (secondary N) is 1. The smallest absolute Gasteiger partial charge is 0.223 e.